The van der Waals surface area contributed by atoms with Crippen molar-refractivity contribution in [2.45, 2.75) is 12.5 Å². The van der Waals surface area contributed by atoms with Crippen LogP contribution in [0.3, 0.4) is 0 Å². The number of rotatable bonds is 5. The van der Waals surface area contributed by atoms with Gasteiger partial charge in [-0.15, -0.1) is 0 Å². The molecule has 0 saturated carbocycles. The van der Waals surface area contributed by atoms with Crippen molar-refractivity contribution in [3.63, 3.8) is 0 Å². The zero-order chi connectivity index (χ0) is 14.9. The van der Waals surface area contributed by atoms with Gasteiger partial charge in [0.1, 0.15) is 0 Å². The molecule has 0 aliphatic carbocycles. The first-order chi connectivity index (χ1) is 9.40. The summed E-state index contributed by atoms with van der Waals surface area (Å²) in [7, 11) is 6.05. The first-order valence-electron chi connectivity index (χ1n) is 6.58. The Morgan fingerprint density at radius 2 is 2.00 bits per heavy atom. The molecule has 0 fully saturated rings. The van der Waals surface area contributed by atoms with Crippen LogP contribution in [0.4, 0.5) is 11.4 Å². The highest BCUT2D eigenvalue weighted by molar-refractivity contribution is 6.33. The number of nitrogens with one attached hydrogen (secondary N) is 1. The van der Waals surface area contributed by atoms with Gasteiger partial charge in [-0.3, -0.25) is 4.79 Å². The van der Waals surface area contributed by atoms with Crippen LogP contribution < -0.4 is 10.2 Å². The van der Waals surface area contributed by atoms with Crippen molar-refractivity contribution in [2.24, 2.45) is 0 Å². The molecule has 5 nitrogen and oxygen atoms in total. The number of aliphatic hydroxyl groups is 1. The fraction of sp³-hybridized carbons (Fsp3) is 0.500. The predicted octanol–water partition coefficient (Wildman–Crippen LogP) is 1.71. The number of anilines is 2. The number of fused-ring (bicyclic) bond motifs is 1. The number of hydrogen-bond acceptors (Lipinski definition) is 4. The zero-order valence-electron chi connectivity index (χ0n) is 12.0. The Hall–Kier alpha value is -1.30. The minimum absolute atomic E-state index is 0.400. The summed E-state index contributed by atoms with van der Waals surface area (Å²) in [5, 5.41) is 12.9. The summed E-state index contributed by atoms with van der Waals surface area (Å²) < 4.78 is 0. The molecular formula is C14H20ClN3O2. The first-order valence-corrected chi connectivity index (χ1v) is 6.96. The lowest BCUT2D eigenvalue weighted by atomic mass is 10.1. The molecule has 1 aliphatic rings. The number of carbonyl (C=O) groups is 1. The molecule has 1 amide bonds. The SMILES string of the molecule is CN(C)CCCN(C)c1cc2c(cc1Cl)C(O)C(=O)N2. The van der Waals surface area contributed by atoms with Gasteiger partial charge in [-0.05, 0) is 39.2 Å². The van der Waals surface area contributed by atoms with Crippen molar-refractivity contribution in [2.75, 3.05) is 44.4 Å². The normalized spacial score (nSPS) is 17.3. The lowest BCUT2D eigenvalue weighted by Gasteiger charge is -2.22. The van der Waals surface area contributed by atoms with Crippen LogP contribution in [0.25, 0.3) is 0 Å². The molecule has 1 aromatic rings. The van der Waals surface area contributed by atoms with Crippen LogP contribution >= 0.6 is 11.6 Å². The molecule has 0 radical (unpaired) electrons. The van der Waals surface area contributed by atoms with Crippen LogP contribution in [0.15, 0.2) is 12.1 Å². The maximum absolute atomic E-state index is 11.4. The standard InChI is InChI=1S/C14H20ClN3O2/c1-17(2)5-4-6-18(3)12-8-11-9(7-10(12)15)13(19)14(20)16-11/h7-8,13,19H,4-6H2,1-3H3,(H,16,20). The highest BCUT2D eigenvalue weighted by Gasteiger charge is 2.29. The topological polar surface area (TPSA) is 55.8 Å². The van der Waals surface area contributed by atoms with Gasteiger partial charge < -0.3 is 20.2 Å². The molecule has 0 spiro atoms. The molecule has 6 heteroatoms. The second kappa shape index (κ2) is 5.99. The molecule has 1 aliphatic heterocycles. The molecule has 0 saturated heterocycles. The number of nitrogens with zero attached hydrogens (tertiary/aromatic N) is 2. The van der Waals surface area contributed by atoms with Crippen molar-refractivity contribution in [3.05, 3.63) is 22.7 Å². The Kier molecular flexibility index (Phi) is 4.52. The third-order valence-electron chi connectivity index (χ3n) is 3.43. The van der Waals surface area contributed by atoms with Gasteiger partial charge in [-0.25, -0.2) is 0 Å². The number of benzene rings is 1. The Morgan fingerprint density at radius 3 is 2.65 bits per heavy atom. The molecule has 110 valence electrons. The van der Waals surface area contributed by atoms with Crippen LogP contribution in [0.1, 0.15) is 18.1 Å². The summed E-state index contributed by atoms with van der Waals surface area (Å²) in [5.74, 6) is -0.400. The summed E-state index contributed by atoms with van der Waals surface area (Å²) >= 11 is 6.25. The highest BCUT2D eigenvalue weighted by atomic mass is 35.5. The van der Waals surface area contributed by atoms with Gasteiger partial charge in [0.15, 0.2) is 6.10 Å². The lowest BCUT2D eigenvalue weighted by molar-refractivity contribution is -0.123. The van der Waals surface area contributed by atoms with E-state index in [1.165, 1.54) is 0 Å². The van der Waals surface area contributed by atoms with Crippen molar-refractivity contribution < 1.29 is 9.90 Å². The molecule has 2 N–H and O–H groups in total. The summed E-state index contributed by atoms with van der Waals surface area (Å²) in [5.41, 5.74) is 2.05. The molecule has 1 atom stereocenters. The van der Waals surface area contributed by atoms with E-state index < -0.39 is 12.0 Å². The lowest BCUT2D eigenvalue weighted by Crippen LogP contribution is -2.23. The largest absolute Gasteiger partial charge is 0.378 e. The summed E-state index contributed by atoms with van der Waals surface area (Å²) in [4.78, 5) is 15.6. The molecule has 20 heavy (non-hydrogen) atoms. The monoisotopic (exact) mass is 297 g/mol. The van der Waals surface area contributed by atoms with E-state index in [-0.39, 0.29) is 0 Å². The van der Waals surface area contributed by atoms with E-state index in [1.807, 2.05) is 27.2 Å². The Labute approximate surface area is 124 Å². The molecule has 1 unspecified atom stereocenters. The number of halogens is 1. The predicted molar refractivity (Wildman–Crippen MR) is 81.5 cm³/mol. The van der Waals surface area contributed by atoms with E-state index in [4.69, 9.17) is 11.6 Å². The molecule has 1 aromatic carbocycles. The second-order valence-corrected chi connectivity index (χ2v) is 5.77. The molecule has 0 bridgehead atoms. The van der Waals surface area contributed by atoms with Gasteiger partial charge in [0, 0.05) is 24.8 Å². The van der Waals surface area contributed by atoms with Gasteiger partial charge in [0.05, 0.1) is 10.7 Å². The van der Waals surface area contributed by atoms with E-state index in [0.717, 1.165) is 25.2 Å². The summed E-state index contributed by atoms with van der Waals surface area (Å²) in [6, 6.07) is 3.48. The van der Waals surface area contributed by atoms with Crippen molar-refractivity contribution in [1.82, 2.24) is 4.90 Å². The van der Waals surface area contributed by atoms with E-state index in [2.05, 4.69) is 15.1 Å². The van der Waals surface area contributed by atoms with Crippen molar-refractivity contribution in [3.8, 4) is 0 Å². The number of amides is 1. The average Bonchev–Trinajstić information content (AvgIpc) is 2.64. The van der Waals surface area contributed by atoms with Crippen LogP contribution in [0.2, 0.25) is 5.02 Å². The second-order valence-electron chi connectivity index (χ2n) is 5.36. The van der Waals surface area contributed by atoms with Gasteiger partial charge in [-0.1, -0.05) is 11.6 Å². The molecule has 1 heterocycles. The van der Waals surface area contributed by atoms with E-state index in [9.17, 15) is 9.90 Å². The van der Waals surface area contributed by atoms with Crippen molar-refractivity contribution >= 4 is 28.9 Å². The smallest absolute Gasteiger partial charge is 0.257 e. The third kappa shape index (κ3) is 3.06. The maximum atomic E-state index is 11.4. The van der Waals surface area contributed by atoms with Gasteiger partial charge >= 0.3 is 0 Å². The van der Waals surface area contributed by atoms with E-state index in [1.54, 1.807) is 6.07 Å². The third-order valence-corrected chi connectivity index (χ3v) is 3.73. The molecule has 2 rings (SSSR count). The minimum atomic E-state index is -1.12. The maximum Gasteiger partial charge on any atom is 0.257 e. The Bertz CT molecular complexity index is 519. The van der Waals surface area contributed by atoms with Crippen LogP contribution in [0, 0.1) is 0 Å². The van der Waals surface area contributed by atoms with E-state index in [0.29, 0.717) is 16.3 Å². The Balaban J connectivity index is 2.13. The number of aliphatic hydroxyl groups excluding tert-OH is 1. The zero-order valence-corrected chi connectivity index (χ0v) is 12.7. The van der Waals surface area contributed by atoms with E-state index >= 15 is 0 Å². The summed E-state index contributed by atoms with van der Waals surface area (Å²) in [6.07, 6.45) is -0.0954. The van der Waals surface area contributed by atoms with Gasteiger partial charge in [-0.2, -0.15) is 0 Å². The number of carbonyl (C=O) groups excluding carboxylic acids is 1. The molecular weight excluding hydrogens is 278 g/mol. The van der Waals surface area contributed by atoms with Crippen LogP contribution in [-0.4, -0.2) is 50.1 Å². The first kappa shape index (κ1) is 15.1. The average molecular weight is 298 g/mol. The fourth-order valence-electron chi connectivity index (χ4n) is 2.29. The molecule has 0 aromatic heterocycles. The van der Waals surface area contributed by atoms with Crippen LogP contribution in [0.5, 0.6) is 0 Å². The van der Waals surface area contributed by atoms with Crippen molar-refractivity contribution in [1.29, 1.82) is 0 Å². The van der Waals surface area contributed by atoms with Gasteiger partial charge in [0.2, 0.25) is 0 Å². The Morgan fingerprint density at radius 1 is 1.30 bits per heavy atom. The van der Waals surface area contributed by atoms with Crippen LogP contribution in [-0.2, 0) is 4.79 Å². The summed E-state index contributed by atoms with van der Waals surface area (Å²) in [6.45, 7) is 1.87. The highest BCUT2D eigenvalue weighted by Crippen LogP contribution is 2.38. The van der Waals surface area contributed by atoms with Gasteiger partial charge in [0.25, 0.3) is 5.91 Å². The fourth-order valence-corrected chi connectivity index (χ4v) is 2.61. The quantitative estimate of drug-likeness (QED) is 0.869. The minimum Gasteiger partial charge on any atom is -0.378 e. The number of hydrogen-bond donors (Lipinski definition) is 2.